The molecule has 0 saturated carbocycles. The Hall–Kier alpha value is -3.07. The second-order valence-corrected chi connectivity index (χ2v) is 10.1. The normalized spacial score (nSPS) is 14.9. The van der Waals surface area contributed by atoms with Crippen LogP contribution in [-0.4, -0.2) is 34.8 Å². The zero-order valence-corrected chi connectivity index (χ0v) is 19.6. The quantitative estimate of drug-likeness (QED) is 0.387. The first-order valence-electron chi connectivity index (χ1n) is 11.0. The topological polar surface area (TPSA) is 74.3 Å². The van der Waals surface area contributed by atoms with Crippen molar-refractivity contribution in [2.75, 3.05) is 23.7 Å². The maximum Gasteiger partial charge on any atom is 0.267 e. The van der Waals surface area contributed by atoms with Gasteiger partial charge < -0.3 is 5.32 Å². The van der Waals surface area contributed by atoms with Crippen LogP contribution in [0.2, 0.25) is 0 Å². The summed E-state index contributed by atoms with van der Waals surface area (Å²) in [6.07, 6.45) is 1.72. The molecule has 1 aliphatic rings. The lowest BCUT2D eigenvalue weighted by molar-refractivity contribution is -0.121. The van der Waals surface area contributed by atoms with Gasteiger partial charge in [0.2, 0.25) is 5.91 Å². The number of hydrogen-bond donors (Lipinski definition) is 2. The summed E-state index contributed by atoms with van der Waals surface area (Å²) in [4.78, 5) is 32.7. The highest BCUT2D eigenvalue weighted by atomic mass is 32.1. The molecule has 1 fully saturated rings. The minimum atomic E-state index is -0.156. The lowest BCUT2D eigenvalue weighted by atomic mass is 9.95. The van der Waals surface area contributed by atoms with E-state index in [4.69, 9.17) is 0 Å². The van der Waals surface area contributed by atoms with E-state index in [-0.39, 0.29) is 17.7 Å². The van der Waals surface area contributed by atoms with Gasteiger partial charge in [0.1, 0.15) is 0 Å². The first-order valence-corrected chi connectivity index (χ1v) is 12.7. The average Bonchev–Trinajstić information content (AvgIpc) is 3.50. The summed E-state index contributed by atoms with van der Waals surface area (Å²) in [5.74, 6) is -0.0598. The molecule has 168 valence electrons. The van der Waals surface area contributed by atoms with Crippen molar-refractivity contribution >= 4 is 55.5 Å². The summed E-state index contributed by atoms with van der Waals surface area (Å²) in [6.45, 7) is 2.78. The molecule has 0 atom stereocenters. The molecule has 6 nitrogen and oxygen atoms in total. The van der Waals surface area contributed by atoms with Gasteiger partial charge in [0.05, 0.1) is 15.1 Å². The molecule has 0 unspecified atom stereocenters. The number of hydrogen-bond acceptors (Lipinski definition) is 6. The highest BCUT2D eigenvalue weighted by Crippen LogP contribution is 2.29. The SMILES string of the molecule is O=C(Nc1nc2ccc(NC(=O)C3CCN(Cc4ccccc4)CC3)cc2s1)c1cccs1. The van der Waals surface area contributed by atoms with E-state index in [1.54, 1.807) is 6.07 Å². The third-order valence-corrected chi connectivity index (χ3v) is 7.63. The van der Waals surface area contributed by atoms with E-state index in [2.05, 4.69) is 44.8 Å². The highest BCUT2D eigenvalue weighted by Gasteiger charge is 2.25. The van der Waals surface area contributed by atoms with Crippen molar-refractivity contribution in [2.45, 2.75) is 19.4 Å². The predicted molar refractivity (Wildman–Crippen MR) is 135 cm³/mol. The van der Waals surface area contributed by atoms with Crippen LogP contribution in [0.15, 0.2) is 66.0 Å². The molecule has 1 saturated heterocycles. The van der Waals surface area contributed by atoms with Crippen molar-refractivity contribution in [3.8, 4) is 0 Å². The Labute approximate surface area is 200 Å². The maximum absolute atomic E-state index is 12.9. The van der Waals surface area contributed by atoms with Gasteiger partial charge in [-0.1, -0.05) is 47.7 Å². The molecule has 2 amide bonds. The van der Waals surface area contributed by atoms with E-state index < -0.39 is 0 Å². The summed E-state index contributed by atoms with van der Waals surface area (Å²) in [6, 6.07) is 19.8. The second kappa shape index (κ2) is 9.82. The molecule has 5 rings (SSSR count). The first kappa shape index (κ1) is 21.8. The minimum Gasteiger partial charge on any atom is -0.326 e. The van der Waals surface area contributed by atoms with Gasteiger partial charge in [-0.05, 0) is 61.1 Å². The molecule has 8 heteroatoms. The molecule has 4 aromatic rings. The number of anilines is 2. The largest absolute Gasteiger partial charge is 0.326 e. The molecule has 3 heterocycles. The average molecular weight is 477 g/mol. The fourth-order valence-corrected chi connectivity index (χ4v) is 5.58. The van der Waals surface area contributed by atoms with E-state index in [0.29, 0.717) is 10.0 Å². The Balaban J connectivity index is 1.17. The van der Waals surface area contributed by atoms with E-state index in [1.807, 2.05) is 35.7 Å². The summed E-state index contributed by atoms with van der Waals surface area (Å²) in [5.41, 5.74) is 2.87. The van der Waals surface area contributed by atoms with Crippen molar-refractivity contribution in [3.05, 3.63) is 76.5 Å². The molecular weight excluding hydrogens is 452 g/mol. The monoisotopic (exact) mass is 476 g/mol. The lowest BCUT2D eigenvalue weighted by Crippen LogP contribution is -2.37. The van der Waals surface area contributed by atoms with E-state index in [9.17, 15) is 9.59 Å². The van der Waals surface area contributed by atoms with Gasteiger partial charge in [-0.25, -0.2) is 4.98 Å². The maximum atomic E-state index is 12.9. The highest BCUT2D eigenvalue weighted by molar-refractivity contribution is 7.22. The zero-order valence-electron chi connectivity index (χ0n) is 18.0. The molecule has 2 N–H and O–H groups in total. The molecule has 0 spiro atoms. The Kier molecular flexibility index (Phi) is 6.48. The van der Waals surface area contributed by atoms with Gasteiger partial charge in [0.15, 0.2) is 5.13 Å². The van der Waals surface area contributed by atoms with Gasteiger partial charge in [0, 0.05) is 18.2 Å². The number of carbonyl (C=O) groups excluding carboxylic acids is 2. The smallest absolute Gasteiger partial charge is 0.267 e. The van der Waals surface area contributed by atoms with Crippen LogP contribution in [0.4, 0.5) is 10.8 Å². The number of piperidine rings is 1. The van der Waals surface area contributed by atoms with Crippen LogP contribution in [0.5, 0.6) is 0 Å². The van der Waals surface area contributed by atoms with E-state index in [0.717, 1.165) is 48.4 Å². The number of likely N-dealkylation sites (tertiary alicyclic amines) is 1. The summed E-state index contributed by atoms with van der Waals surface area (Å²) in [7, 11) is 0. The lowest BCUT2D eigenvalue weighted by Gasteiger charge is -2.31. The summed E-state index contributed by atoms with van der Waals surface area (Å²) >= 11 is 2.80. The number of rotatable bonds is 6. The van der Waals surface area contributed by atoms with Crippen molar-refractivity contribution in [1.82, 2.24) is 9.88 Å². The summed E-state index contributed by atoms with van der Waals surface area (Å²) in [5, 5.41) is 8.35. The third-order valence-electron chi connectivity index (χ3n) is 5.83. The van der Waals surface area contributed by atoms with Crippen LogP contribution < -0.4 is 10.6 Å². The van der Waals surface area contributed by atoms with Crippen LogP contribution in [0.1, 0.15) is 28.1 Å². The zero-order chi connectivity index (χ0) is 22.6. The fourth-order valence-electron chi connectivity index (χ4n) is 4.06. The molecule has 1 aliphatic heterocycles. The molecular formula is C25H24N4O2S2. The Bertz CT molecular complexity index is 1250. The second-order valence-electron chi connectivity index (χ2n) is 8.16. The fraction of sp³-hybridized carbons (Fsp3) is 0.240. The Morgan fingerprint density at radius 3 is 2.58 bits per heavy atom. The number of carbonyl (C=O) groups is 2. The van der Waals surface area contributed by atoms with E-state index >= 15 is 0 Å². The number of thiazole rings is 1. The van der Waals surface area contributed by atoms with Gasteiger partial charge >= 0.3 is 0 Å². The van der Waals surface area contributed by atoms with Crippen LogP contribution in [0.3, 0.4) is 0 Å². The number of nitrogens with one attached hydrogen (secondary N) is 2. The first-order chi connectivity index (χ1) is 16.1. The van der Waals surface area contributed by atoms with Crippen LogP contribution >= 0.6 is 22.7 Å². The molecule has 33 heavy (non-hydrogen) atoms. The minimum absolute atomic E-state index is 0.0230. The van der Waals surface area contributed by atoms with Gasteiger partial charge in [-0.15, -0.1) is 11.3 Å². The van der Waals surface area contributed by atoms with E-state index in [1.165, 1.54) is 28.2 Å². The van der Waals surface area contributed by atoms with Crippen LogP contribution in [-0.2, 0) is 11.3 Å². The van der Waals surface area contributed by atoms with Crippen LogP contribution in [0, 0.1) is 5.92 Å². The van der Waals surface area contributed by atoms with Crippen molar-refractivity contribution in [3.63, 3.8) is 0 Å². The molecule has 2 aromatic heterocycles. The number of amides is 2. The molecule has 2 aromatic carbocycles. The van der Waals surface area contributed by atoms with Gasteiger partial charge in [0.25, 0.3) is 5.91 Å². The summed E-state index contributed by atoms with van der Waals surface area (Å²) < 4.78 is 0.923. The van der Waals surface area contributed by atoms with Crippen LogP contribution in [0.25, 0.3) is 10.2 Å². The van der Waals surface area contributed by atoms with Crippen molar-refractivity contribution in [1.29, 1.82) is 0 Å². The number of aromatic nitrogens is 1. The van der Waals surface area contributed by atoms with Crippen molar-refractivity contribution < 1.29 is 9.59 Å². The molecule has 0 bridgehead atoms. The Morgan fingerprint density at radius 1 is 1.00 bits per heavy atom. The molecule has 0 radical (unpaired) electrons. The van der Waals surface area contributed by atoms with Crippen molar-refractivity contribution in [2.24, 2.45) is 5.92 Å². The standard InChI is InChI=1S/C25H24N4O2S2/c30-23(18-10-12-29(13-11-18)16-17-5-2-1-3-6-17)26-19-8-9-20-22(15-19)33-25(27-20)28-24(31)21-7-4-14-32-21/h1-9,14-15,18H,10-13,16H2,(H,26,30)(H,27,28,31). The third kappa shape index (κ3) is 5.30. The predicted octanol–water partition coefficient (Wildman–Crippen LogP) is 5.46. The molecule has 0 aliphatic carbocycles. The number of fused-ring (bicyclic) bond motifs is 1. The Morgan fingerprint density at radius 2 is 1.82 bits per heavy atom. The number of thiophene rings is 1. The van der Waals surface area contributed by atoms with Gasteiger partial charge in [-0.3, -0.25) is 19.8 Å². The number of benzene rings is 2. The number of nitrogens with zero attached hydrogens (tertiary/aromatic N) is 2. The van der Waals surface area contributed by atoms with Gasteiger partial charge in [-0.2, -0.15) is 0 Å².